The van der Waals surface area contributed by atoms with Crippen LogP contribution in [-0.2, 0) is 0 Å². The standard InChI is InChI=1S/C10H8F6O2/c1-4-5(11)7(13)8(14)9(6(4)12)18-3-10(15,16)2-17/h17H,2-3H2,1H3. The Balaban J connectivity index is 3.11. The van der Waals surface area contributed by atoms with Crippen LogP contribution >= 0.6 is 0 Å². The summed E-state index contributed by atoms with van der Waals surface area (Å²) in [5.41, 5.74) is -0.892. The van der Waals surface area contributed by atoms with Crippen molar-refractivity contribution in [2.24, 2.45) is 0 Å². The number of ether oxygens (including phenoxy) is 1. The van der Waals surface area contributed by atoms with Crippen LogP contribution in [0.25, 0.3) is 0 Å². The van der Waals surface area contributed by atoms with Crippen molar-refractivity contribution in [2.45, 2.75) is 12.8 Å². The number of aliphatic hydroxyl groups excluding tert-OH is 1. The summed E-state index contributed by atoms with van der Waals surface area (Å²) in [7, 11) is 0. The van der Waals surface area contributed by atoms with Crippen molar-refractivity contribution < 1.29 is 36.2 Å². The molecule has 0 aliphatic heterocycles. The summed E-state index contributed by atoms with van der Waals surface area (Å²) in [6.45, 7) is -2.38. The lowest BCUT2D eigenvalue weighted by Crippen LogP contribution is -2.30. The molecule has 0 aromatic heterocycles. The van der Waals surface area contributed by atoms with Gasteiger partial charge < -0.3 is 9.84 Å². The van der Waals surface area contributed by atoms with E-state index in [1.807, 2.05) is 0 Å². The maximum atomic E-state index is 13.3. The van der Waals surface area contributed by atoms with Gasteiger partial charge in [-0.15, -0.1) is 0 Å². The van der Waals surface area contributed by atoms with Crippen molar-refractivity contribution in [3.8, 4) is 5.75 Å². The third-order valence-electron chi connectivity index (χ3n) is 2.10. The van der Waals surface area contributed by atoms with Gasteiger partial charge in [0.1, 0.15) is 6.61 Å². The summed E-state index contributed by atoms with van der Waals surface area (Å²) < 4.78 is 81.4. The van der Waals surface area contributed by atoms with Gasteiger partial charge in [0.15, 0.2) is 29.8 Å². The maximum absolute atomic E-state index is 13.3. The molecule has 8 heteroatoms. The lowest BCUT2D eigenvalue weighted by atomic mass is 10.2. The molecule has 102 valence electrons. The smallest absolute Gasteiger partial charge is 0.303 e. The first-order valence-corrected chi connectivity index (χ1v) is 4.65. The average molecular weight is 274 g/mol. The Morgan fingerprint density at radius 2 is 1.56 bits per heavy atom. The molecule has 0 aliphatic rings. The zero-order valence-electron chi connectivity index (χ0n) is 9.04. The molecule has 1 aromatic carbocycles. The fourth-order valence-corrected chi connectivity index (χ4v) is 1.07. The van der Waals surface area contributed by atoms with Gasteiger partial charge in [-0.05, 0) is 6.92 Å². The molecule has 0 aliphatic carbocycles. The van der Waals surface area contributed by atoms with Crippen LogP contribution in [0.2, 0.25) is 0 Å². The van der Waals surface area contributed by atoms with Crippen LogP contribution in [0.4, 0.5) is 26.3 Å². The second-order valence-corrected chi connectivity index (χ2v) is 3.51. The van der Waals surface area contributed by atoms with E-state index < -0.39 is 53.7 Å². The number of halogens is 6. The Hall–Kier alpha value is -1.44. The summed E-state index contributed by atoms with van der Waals surface area (Å²) in [5, 5.41) is 8.21. The molecule has 0 spiro atoms. The Labute approximate surface area is 97.8 Å². The van der Waals surface area contributed by atoms with Crippen molar-refractivity contribution in [1.82, 2.24) is 0 Å². The highest BCUT2D eigenvalue weighted by molar-refractivity contribution is 5.34. The lowest BCUT2D eigenvalue weighted by molar-refractivity contribution is -0.0814. The molecule has 1 rings (SSSR count). The number of hydrogen-bond acceptors (Lipinski definition) is 2. The quantitative estimate of drug-likeness (QED) is 0.519. The molecule has 2 nitrogen and oxygen atoms in total. The number of hydrogen-bond donors (Lipinski definition) is 1. The fraction of sp³-hybridized carbons (Fsp3) is 0.400. The minimum atomic E-state index is -3.75. The molecule has 0 fully saturated rings. The molecule has 1 aromatic rings. The van der Waals surface area contributed by atoms with Crippen LogP contribution in [0.3, 0.4) is 0 Å². The normalized spacial score (nSPS) is 11.8. The predicted octanol–water partition coefficient (Wildman–Crippen LogP) is 2.56. The third kappa shape index (κ3) is 2.69. The Morgan fingerprint density at radius 1 is 1.00 bits per heavy atom. The third-order valence-corrected chi connectivity index (χ3v) is 2.10. The summed E-state index contributed by atoms with van der Waals surface area (Å²) in [6, 6.07) is 0. The highest BCUT2D eigenvalue weighted by atomic mass is 19.3. The maximum Gasteiger partial charge on any atom is 0.303 e. The molecule has 0 atom stereocenters. The van der Waals surface area contributed by atoms with E-state index in [1.165, 1.54) is 0 Å². The van der Waals surface area contributed by atoms with Crippen molar-refractivity contribution in [2.75, 3.05) is 13.2 Å². The summed E-state index contributed by atoms with van der Waals surface area (Å²) in [4.78, 5) is 0. The molecule has 0 saturated carbocycles. The SMILES string of the molecule is Cc1c(F)c(F)c(F)c(OCC(F)(F)CO)c1F. The van der Waals surface area contributed by atoms with Gasteiger partial charge in [-0.2, -0.15) is 4.39 Å². The minimum Gasteiger partial charge on any atom is -0.481 e. The van der Waals surface area contributed by atoms with Gasteiger partial charge in [-0.25, -0.2) is 22.0 Å². The van der Waals surface area contributed by atoms with Crippen LogP contribution < -0.4 is 4.74 Å². The Morgan fingerprint density at radius 3 is 2.06 bits per heavy atom. The molecule has 0 unspecified atom stereocenters. The van der Waals surface area contributed by atoms with Gasteiger partial charge in [0.25, 0.3) is 0 Å². The highest BCUT2D eigenvalue weighted by Crippen LogP contribution is 2.30. The van der Waals surface area contributed by atoms with E-state index in [4.69, 9.17) is 5.11 Å². The van der Waals surface area contributed by atoms with E-state index in [9.17, 15) is 26.3 Å². The van der Waals surface area contributed by atoms with Gasteiger partial charge in [0, 0.05) is 5.56 Å². The van der Waals surface area contributed by atoms with E-state index in [0.29, 0.717) is 0 Å². The van der Waals surface area contributed by atoms with Crippen LogP contribution in [0, 0.1) is 30.2 Å². The average Bonchev–Trinajstić information content (AvgIpc) is 2.34. The number of rotatable bonds is 4. The molecular formula is C10H8F6O2. The second kappa shape index (κ2) is 5.05. The van der Waals surface area contributed by atoms with Crippen molar-refractivity contribution in [1.29, 1.82) is 0 Å². The number of alkyl halides is 2. The molecule has 0 saturated heterocycles. The fourth-order valence-electron chi connectivity index (χ4n) is 1.07. The highest BCUT2D eigenvalue weighted by Gasteiger charge is 2.31. The van der Waals surface area contributed by atoms with Crippen molar-refractivity contribution in [3.63, 3.8) is 0 Å². The van der Waals surface area contributed by atoms with Gasteiger partial charge in [-0.3, -0.25) is 0 Å². The van der Waals surface area contributed by atoms with E-state index in [1.54, 1.807) is 0 Å². The number of benzene rings is 1. The zero-order valence-corrected chi connectivity index (χ0v) is 9.04. The first kappa shape index (κ1) is 14.6. The Kier molecular flexibility index (Phi) is 4.10. The van der Waals surface area contributed by atoms with Crippen LogP contribution in [0.5, 0.6) is 5.75 Å². The number of aliphatic hydroxyl groups is 1. The van der Waals surface area contributed by atoms with Gasteiger partial charge in [-0.1, -0.05) is 0 Å². The van der Waals surface area contributed by atoms with Crippen LogP contribution in [-0.4, -0.2) is 24.2 Å². The molecule has 1 N–H and O–H groups in total. The molecule has 18 heavy (non-hydrogen) atoms. The van der Waals surface area contributed by atoms with Gasteiger partial charge in [0.2, 0.25) is 5.82 Å². The first-order valence-electron chi connectivity index (χ1n) is 4.65. The molecular weight excluding hydrogens is 266 g/mol. The first-order chi connectivity index (χ1) is 8.21. The summed E-state index contributed by atoms with van der Waals surface area (Å²) >= 11 is 0. The molecule has 0 radical (unpaired) electrons. The molecule has 0 amide bonds. The zero-order chi connectivity index (χ0) is 14.1. The van der Waals surface area contributed by atoms with E-state index >= 15 is 0 Å². The van der Waals surface area contributed by atoms with E-state index in [2.05, 4.69) is 4.74 Å². The van der Waals surface area contributed by atoms with Gasteiger partial charge in [0.05, 0.1) is 0 Å². The van der Waals surface area contributed by atoms with Gasteiger partial charge >= 0.3 is 5.92 Å². The minimum absolute atomic E-state index is 0.796. The Bertz CT molecular complexity index is 431. The summed E-state index contributed by atoms with van der Waals surface area (Å²) in [6.07, 6.45) is 0. The monoisotopic (exact) mass is 274 g/mol. The predicted molar refractivity (Wildman–Crippen MR) is 48.5 cm³/mol. The lowest BCUT2D eigenvalue weighted by Gasteiger charge is -2.16. The van der Waals surface area contributed by atoms with Crippen LogP contribution in [0.15, 0.2) is 0 Å². The summed E-state index contributed by atoms with van der Waals surface area (Å²) in [5.74, 6) is -12.6. The topological polar surface area (TPSA) is 29.5 Å². The van der Waals surface area contributed by atoms with Crippen molar-refractivity contribution >= 4 is 0 Å². The largest absolute Gasteiger partial charge is 0.481 e. The second-order valence-electron chi connectivity index (χ2n) is 3.51. The van der Waals surface area contributed by atoms with E-state index in [0.717, 1.165) is 6.92 Å². The van der Waals surface area contributed by atoms with Crippen molar-refractivity contribution in [3.05, 3.63) is 28.8 Å². The molecule has 0 bridgehead atoms. The van der Waals surface area contributed by atoms with Crippen LogP contribution in [0.1, 0.15) is 5.56 Å². The molecule has 0 heterocycles. The van der Waals surface area contributed by atoms with E-state index in [-0.39, 0.29) is 0 Å².